The second kappa shape index (κ2) is 18.5. The third kappa shape index (κ3) is 11.2. The summed E-state index contributed by atoms with van der Waals surface area (Å²) in [5.74, 6) is -0.274. The summed E-state index contributed by atoms with van der Waals surface area (Å²) in [4.78, 5) is 40.9. The second-order valence-electron chi connectivity index (χ2n) is 11.3. The lowest BCUT2D eigenvalue weighted by Crippen LogP contribution is -2.46. The lowest BCUT2D eigenvalue weighted by Gasteiger charge is -2.36. The van der Waals surface area contributed by atoms with E-state index in [1.165, 1.54) is 11.1 Å². The first-order valence-corrected chi connectivity index (χ1v) is 15.8. The molecule has 1 unspecified atom stereocenters. The molecule has 9 nitrogen and oxygen atoms in total. The second-order valence-corrected chi connectivity index (χ2v) is 11.3. The summed E-state index contributed by atoms with van der Waals surface area (Å²) in [6.45, 7) is 14.2. The van der Waals surface area contributed by atoms with E-state index < -0.39 is 0 Å². The first-order valence-electron chi connectivity index (χ1n) is 15.8. The number of benzene rings is 2. The van der Waals surface area contributed by atoms with Gasteiger partial charge in [0.25, 0.3) is 0 Å². The zero-order chi connectivity index (χ0) is 31.0. The molecular formula is C34H51N5O4. The molecule has 2 saturated heterocycles. The molecule has 0 bridgehead atoms. The van der Waals surface area contributed by atoms with Gasteiger partial charge in [-0.15, -0.1) is 0 Å². The molecule has 2 aliphatic rings. The summed E-state index contributed by atoms with van der Waals surface area (Å²) in [6, 6.07) is 15.1. The number of carbonyl (C=O) groups excluding carboxylic acids is 3. The molecule has 9 heteroatoms. The number of piperazine rings is 1. The van der Waals surface area contributed by atoms with Crippen LogP contribution in [-0.4, -0.2) is 86.9 Å². The van der Waals surface area contributed by atoms with Crippen LogP contribution in [0.4, 0.5) is 5.69 Å². The van der Waals surface area contributed by atoms with Gasteiger partial charge in [-0.05, 0) is 81.2 Å². The number of imide groups is 1. The number of hydrogen-bond acceptors (Lipinski definition) is 8. The van der Waals surface area contributed by atoms with E-state index in [4.69, 9.17) is 4.74 Å². The van der Waals surface area contributed by atoms with Crippen LogP contribution in [0.2, 0.25) is 0 Å². The first kappa shape index (κ1) is 34.4. The van der Waals surface area contributed by atoms with Gasteiger partial charge in [-0.2, -0.15) is 0 Å². The van der Waals surface area contributed by atoms with E-state index in [2.05, 4.69) is 62.6 Å². The maximum Gasteiger partial charge on any atom is 0.226 e. The predicted octanol–water partition coefficient (Wildman–Crippen LogP) is 3.99. The van der Waals surface area contributed by atoms with Crippen LogP contribution in [0.3, 0.4) is 0 Å². The zero-order valence-electron chi connectivity index (χ0n) is 26.5. The fourth-order valence-electron chi connectivity index (χ4n) is 5.50. The summed E-state index contributed by atoms with van der Waals surface area (Å²) in [5.41, 5.74) is 5.36. The van der Waals surface area contributed by atoms with Gasteiger partial charge in [0, 0.05) is 63.0 Å². The Hall–Kier alpha value is -3.11. The molecule has 2 amide bonds. The van der Waals surface area contributed by atoms with Gasteiger partial charge in [0.15, 0.2) is 0 Å². The zero-order valence-corrected chi connectivity index (χ0v) is 26.5. The minimum absolute atomic E-state index is 0.120. The van der Waals surface area contributed by atoms with Gasteiger partial charge in [-0.25, -0.2) is 0 Å². The number of amides is 2. The Morgan fingerprint density at radius 3 is 2.37 bits per heavy atom. The van der Waals surface area contributed by atoms with Gasteiger partial charge in [0.2, 0.25) is 12.3 Å². The molecule has 2 fully saturated rings. The van der Waals surface area contributed by atoms with E-state index in [-0.39, 0.29) is 18.4 Å². The minimum Gasteiger partial charge on any atom is -0.373 e. The number of anilines is 1. The average molecular weight is 594 g/mol. The van der Waals surface area contributed by atoms with E-state index in [9.17, 15) is 14.4 Å². The number of carbonyl (C=O) groups is 3. The number of nitrogens with zero attached hydrogens (tertiary/aromatic N) is 3. The van der Waals surface area contributed by atoms with Crippen molar-refractivity contribution in [1.82, 2.24) is 20.4 Å². The van der Waals surface area contributed by atoms with Crippen molar-refractivity contribution in [3.05, 3.63) is 64.7 Å². The Bertz CT molecular complexity index is 1130. The maximum atomic E-state index is 11.8. The standard InChI is InChI=1S/C32H45N5O4.C2H6/c1-25(3-10-32(40)34-24-39)35(2)21-29-19-30(9-8-28(29)22-38)37-17-15-36(16-18-37)20-26-4-6-27(7-5-26)23-41-31-11-13-33-14-12-31;1-2/h4-9,19,22,24-25,31,33H,3,10-18,20-21,23H2,1-2H3,(H,34,39,40);1-2H3. The van der Waals surface area contributed by atoms with Gasteiger partial charge in [-0.3, -0.25) is 29.5 Å². The smallest absolute Gasteiger partial charge is 0.226 e. The lowest BCUT2D eigenvalue weighted by atomic mass is 10.0. The highest BCUT2D eigenvalue weighted by Crippen LogP contribution is 2.23. The summed E-state index contributed by atoms with van der Waals surface area (Å²) in [5, 5.41) is 5.56. The van der Waals surface area contributed by atoms with Crippen molar-refractivity contribution >= 4 is 24.3 Å². The highest BCUT2D eigenvalue weighted by molar-refractivity contribution is 5.85. The average Bonchev–Trinajstić information content (AvgIpc) is 3.05. The molecule has 2 aliphatic heterocycles. The van der Waals surface area contributed by atoms with E-state index in [0.29, 0.717) is 37.6 Å². The molecule has 4 rings (SSSR count). The third-order valence-electron chi connectivity index (χ3n) is 8.37. The Balaban J connectivity index is 0.00000248. The molecule has 0 radical (unpaired) electrons. The van der Waals surface area contributed by atoms with Crippen molar-refractivity contribution < 1.29 is 19.1 Å². The predicted molar refractivity (Wildman–Crippen MR) is 172 cm³/mol. The van der Waals surface area contributed by atoms with E-state index >= 15 is 0 Å². The maximum absolute atomic E-state index is 11.8. The van der Waals surface area contributed by atoms with Gasteiger partial charge in [0.05, 0.1) is 12.7 Å². The Morgan fingerprint density at radius 2 is 1.72 bits per heavy atom. The van der Waals surface area contributed by atoms with Crippen LogP contribution in [0.5, 0.6) is 0 Å². The van der Waals surface area contributed by atoms with Crippen LogP contribution >= 0.6 is 0 Å². The number of piperidine rings is 1. The van der Waals surface area contributed by atoms with Crippen molar-refractivity contribution in [2.45, 2.75) is 78.3 Å². The summed E-state index contributed by atoms with van der Waals surface area (Å²) < 4.78 is 6.09. The van der Waals surface area contributed by atoms with E-state index in [1.807, 2.05) is 33.0 Å². The number of hydrogen-bond donors (Lipinski definition) is 2. The fraction of sp³-hybridized carbons (Fsp3) is 0.559. The molecule has 0 aliphatic carbocycles. The number of ether oxygens (including phenoxy) is 1. The highest BCUT2D eigenvalue weighted by atomic mass is 16.5. The molecule has 1 atom stereocenters. The largest absolute Gasteiger partial charge is 0.373 e. The first-order chi connectivity index (χ1) is 20.9. The molecule has 236 valence electrons. The molecular weight excluding hydrogens is 542 g/mol. The highest BCUT2D eigenvalue weighted by Gasteiger charge is 2.20. The minimum atomic E-state index is -0.274. The summed E-state index contributed by atoms with van der Waals surface area (Å²) in [6.07, 6.45) is 4.80. The molecule has 0 saturated carbocycles. The molecule has 0 aromatic heterocycles. The van der Waals surface area contributed by atoms with Crippen LogP contribution in [0.25, 0.3) is 0 Å². The van der Waals surface area contributed by atoms with Gasteiger partial charge in [-0.1, -0.05) is 38.1 Å². The number of nitrogens with one attached hydrogen (secondary N) is 2. The third-order valence-corrected chi connectivity index (χ3v) is 8.37. The van der Waals surface area contributed by atoms with Crippen molar-refractivity contribution in [3.63, 3.8) is 0 Å². The van der Waals surface area contributed by atoms with Crippen LogP contribution in [-0.2, 0) is 34.0 Å². The number of aldehydes is 1. The van der Waals surface area contributed by atoms with E-state index in [0.717, 1.165) is 76.2 Å². The monoisotopic (exact) mass is 593 g/mol. The van der Waals surface area contributed by atoms with Gasteiger partial charge >= 0.3 is 0 Å². The normalized spacial score (nSPS) is 16.7. The Morgan fingerprint density at radius 1 is 1.05 bits per heavy atom. The van der Waals surface area contributed by atoms with Crippen molar-refractivity contribution in [2.75, 3.05) is 51.2 Å². The number of rotatable bonds is 14. The Labute approximate surface area is 257 Å². The topological polar surface area (TPSA) is 94.2 Å². The van der Waals surface area contributed by atoms with Crippen LogP contribution in [0.1, 0.15) is 73.5 Å². The fourth-order valence-corrected chi connectivity index (χ4v) is 5.50. The molecule has 2 heterocycles. The van der Waals surface area contributed by atoms with Crippen LogP contribution in [0.15, 0.2) is 42.5 Å². The summed E-state index contributed by atoms with van der Waals surface area (Å²) in [7, 11) is 2.00. The molecule has 0 spiro atoms. The molecule has 2 N–H and O–H groups in total. The van der Waals surface area contributed by atoms with Gasteiger partial charge < -0.3 is 15.0 Å². The van der Waals surface area contributed by atoms with Crippen LogP contribution < -0.4 is 15.5 Å². The molecule has 2 aromatic rings. The van der Waals surface area contributed by atoms with Crippen molar-refractivity contribution in [1.29, 1.82) is 0 Å². The van der Waals surface area contributed by atoms with Crippen molar-refractivity contribution in [2.24, 2.45) is 0 Å². The molecule has 43 heavy (non-hydrogen) atoms. The summed E-state index contributed by atoms with van der Waals surface area (Å²) >= 11 is 0. The SMILES string of the molecule is CC.CC(CCC(=O)NC=O)N(C)Cc1cc(N2CCN(Cc3ccc(COC4CCNCC4)cc3)CC2)ccc1C=O. The quantitative estimate of drug-likeness (QED) is 0.318. The van der Waals surface area contributed by atoms with Gasteiger partial charge in [0.1, 0.15) is 6.29 Å². The van der Waals surface area contributed by atoms with Crippen molar-refractivity contribution in [3.8, 4) is 0 Å². The lowest BCUT2D eigenvalue weighted by molar-refractivity contribution is -0.125. The van der Waals surface area contributed by atoms with Crippen LogP contribution in [0, 0.1) is 0 Å². The van der Waals surface area contributed by atoms with E-state index in [1.54, 1.807) is 0 Å². The Kier molecular flexibility index (Phi) is 14.8. The molecule has 2 aromatic carbocycles.